The molecular weight excluding hydrogens is 342 g/mol. The summed E-state index contributed by atoms with van der Waals surface area (Å²) in [5, 5.41) is 0. The number of pyridine rings is 1. The van der Waals surface area contributed by atoms with E-state index in [0.29, 0.717) is 18.8 Å². The van der Waals surface area contributed by atoms with E-state index in [-0.39, 0.29) is 0 Å². The molecule has 3 aromatic heterocycles. The largest absolute Gasteiger partial charge is 0.337 e. The number of hydrogen-bond acceptors (Lipinski definition) is 3. The van der Waals surface area contributed by atoms with Gasteiger partial charge in [0.05, 0.1) is 6.54 Å². The number of imidazole rings is 2. The lowest BCUT2D eigenvalue weighted by Crippen LogP contribution is -2.10. The maximum absolute atomic E-state index is 5.88. The second-order valence-corrected chi connectivity index (χ2v) is 5.80. The molecule has 0 spiro atoms. The van der Waals surface area contributed by atoms with Crippen molar-refractivity contribution in [3.8, 4) is 0 Å². The Balaban J connectivity index is 2.11. The van der Waals surface area contributed by atoms with Crippen LogP contribution in [-0.2, 0) is 20.0 Å². The summed E-state index contributed by atoms with van der Waals surface area (Å²) in [7, 11) is 1.98. The molecule has 104 valence electrons. The predicted octanol–water partition coefficient (Wildman–Crippen LogP) is 2.76. The summed E-state index contributed by atoms with van der Waals surface area (Å²) >= 11 is 9.30. The van der Waals surface area contributed by atoms with Crippen LogP contribution in [0.15, 0.2) is 29.1 Å². The first-order chi connectivity index (χ1) is 9.69. The minimum atomic E-state index is 0.533. The highest BCUT2D eigenvalue weighted by Crippen LogP contribution is 2.20. The third kappa shape index (κ3) is 2.45. The molecule has 0 aliphatic heterocycles. The van der Waals surface area contributed by atoms with Crippen molar-refractivity contribution in [1.82, 2.24) is 24.1 Å². The van der Waals surface area contributed by atoms with Gasteiger partial charge in [-0.05, 0) is 22.0 Å². The van der Waals surface area contributed by atoms with Crippen molar-refractivity contribution < 1.29 is 0 Å². The van der Waals surface area contributed by atoms with Crippen LogP contribution in [0, 0.1) is 0 Å². The normalized spacial score (nSPS) is 11.3. The molecule has 0 saturated heterocycles. The Morgan fingerprint density at radius 2 is 2.15 bits per heavy atom. The van der Waals surface area contributed by atoms with Gasteiger partial charge in [-0.2, -0.15) is 0 Å². The lowest BCUT2D eigenvalue weighted by atomic mass is 10.4. The van der Waals surface area contributed by atoms with Gasteiger partial charge in [-0.25, -0.2) is 15.0 Å². The van der Waals surface area contributed by atoms with Crippen molar-refractivity contribution in [3.63, 3.8) is 0 Å². The summed E-state index contributed by atoms with van der Waals surface area (Å²) in [4.78, 5) is 13.5. The lowest BCUT2D eigenvalue weighted by Gasteiger charge is -2.07. The van der Waals surface area contributed by atoms with E-state index >= 15 is 0 Å². The standard InChI is InChI=1S/C13H13BrClN5/c1-19-5-4-16-12(19)8-20-11(2-3-15)18-10-6-9(14)7-17-13(10)20/h4-7H,2-3,8H2,1H3. The van der Waals surface area contributed by atoms with Crippen LogP contribution in [0.4, 0.5) is 0 Å². The average molecular weight is 355 g/mol. The predicted molar refractivity (Wildman–Crippen MR) is 82.0 cm³/mol. The molecule has 7 heteroatoms. The Morgan fingerprint density at radius 1 is 1.30 bits per heavy atom. The highest BCUT2D eigenvalue weighted by molar-refractivity contribution is 9.10. The van der Waals surface area contributed by atoms with Gasteiger partial charge in [-0.15, -0.1) is 11.6 Å². The molecule has 3 rings (SSSR count). The van der Waals surface area contributed by atoms with Crippen molar-refractivity contribution in [3.05, 3.63) is 40.8 Å². The van der Waals surface area contributed by atoms with Gasteiger partial charge in [0.2, 0.25) is 0 Å². The molecule has 0 saturated carbocycles. The van der Waals surface area contributed by atoms with Crippen LogP contribution in [0.1, 0.15) is 11.6 Å². The van der Waals surface area contributed by atoms with Crippen molar-refractivity contribution in [2.24, 2.45) is 7.05 Å². The number of alkyl halides is 1. The van der Waals surface area contributed by atoms with Gasteiger partial charge in [0.25, 0.3) is 0 Å². The molecule has 0 N–H and O–H groups in total. The van der Waals surface area contributed by atoms with E-state index in [1.807, 2.05) is 23.9 Å². The molecule has 20 heavy (non-hydrogen) atoms. The fourth-order valence-corrected chi connectivity index (χ4v) is 2.65. The van der Waals surface area contributed by atoms with Crippen LogP contribution in [0.3, 0.4) is 0 Å². The van der Waals surface area contributed by atoms with E-state index in [1.165, 1.54) is 0 Å². The Hall–Kier alpha value is -1.40. The first kappa shape index (κ1) is 13.6. The van der Waals surface area contributed by atoms with Crippen molar-refractivity contribution in [2.45, 2.75) is 13.0 Å². The van der Waals surface area contributed by atoms with Gasteiger partial charge < -0.3 is 9.13 Å². The smallest absolute Gasteiger partial charge is 0.160 e. The third-order valence-corrected chi connectivity index (χ3v) is 3.79. The number of rotatable bonds is 4. The maximum atomic E-state index is 5.88. The van der Waals surface area contributed by atoms with Crippen molar-refractivity contribution >= 4 is 38.7 Å². The second kappa shape index (κ2) is 5.54. The quantitative estimate of drug-likeness (QED) is 0.677. The summed E-state index contributed by atoms with van der Waals surface area (Å²) in [6, 6.07) is 1.97. The molecule has 0 bridgehead atoms. The molecular formula is C13H13BrClN5. The topological polar surface area (TPSA) is 48.5 Å². The van der Waals surface area contributed by atoms with Crippen LogP contribution in [0.25, 0.3) is 11.2 Å². The highest BCUT2D eigenvalue weighted by Gasteiger charge is 2.13. The van der Waals surface area contributed by atoms with Gasteiger partial charge >= 0.3 is 0 Å². The first-order valence-corrected chi connectivity index (χ1v) is 7.54. The lowest BCUT2D eigenvalue weighted by molar-refractivity contribution is 0.678. The highest BCUT2D eigenvalue weighted by atomic mass is 79.9. The summed E-state index contributed by atoms with van der Waals surface area (Å²) in [5.41, 5.74) is 1.73. The zero-order valence-electron chi connectivity index (χ0n) is 10.9. The molecule has 3 aromatic rings. The third-order valence-electron chi connectivity index (χ3n) is 3.17. The van der Waals surface area contributed by atoms with Gasteiger partial charge in [0, 0.05) is 42.4 Å². The van der Waals surface area contributed by atoms with Crippen molar-refractivity contribution in [2.75, 3.05) is 5.88 Å². The number of hydrogen-bond donors (Lipinski definition) is 0. The minimum absolute atomic E-state index is 0.533. The van der Waals surface area contributed by atoms with E-state index in [0.717, 1.165) is 27.3 Å². The van der Waals surface area contributed by atoms with E-state index in [2.05, 4.69) is 35.4 Å². The van der Waals surface area contributed by atoms with Crippen LogP contribution < -0.4 is 0 Å². The number of fused-ring (bicyclic) bond motifs is 1. The first-order valence-electron chi connectivity index (χ1n) is 6.22. The van der Waals surface area contributed by atoms with Gasteiger partial charge in [-0.3, -0.25) is 0 Å². The van der Waals surface area contributed by atoms with E-state index in [1.54, 1.807) is 12.4 Å². The number of nitrogens with zero attached hydrogens (tertiary/aromatic N) is 5. The van der Waals surface area contributed by atoms with E-state index in [9.17, 15) is 0 Å². The minimum Gasteiger partial charge on any atom is -0.337 e. The fourth-order valence-electron chi connectivity index (χ4n) is 2.17. The van der Waals surface area contributed by atoms with Gasteiger partial charge in [0.15, 0.2) is 5.65 Å². The van der Waals surface area contributed by atoms with Crippen LogP contribution >= 0.6 is 27.5 Å². The Labute approximate surface area is 129 Å². The molecule has 5 nitrogen and oxygen atoms in total. The molecule has 0 aliphatic carbocycles. The number of halogens is 2. The zero-order valence-corrected chi connectivity index (χ0v) is 13.3. The Bertz CT molecular complexity index is 748. The molecule has 0 unspecified atom stereocenters. The maximum Gasteiger partial charge on any atom is 0.160 e. The molecule has 0 amide bonds. The second-order valence-electron chi connectivity index (χ2n) is 4.50. The van der Waals surface area contributed by atoms with Crippen molar-refractivity contribution in [1.29, 1.82) is 0 Å². The van der Waals surface area contributed by atoms with Gasteiger partial charge in [-0.1, -0.05) is 0 Å². The summed E-state index contributed by atoms with van der Waals surface area (Å²) in [6.45, 7) is 0.640. The molecule has 0 atom stereocenters. The number of aryl methyl sites for hydroxylation is 2. The number of aromatic nitrogens is 5. The zero-order chi connectivity index (χ0) is 14.1. The Morgan fingerprint density at radius 3 is 2.85 bits per heavy atom. The average Bonchev–Trinajstić information content (AvgIpc) is 2.96. The monoisotopic (exact) mass is 353 g/mol. The van der Waals surface area contributed by atoms with Crippen LogP contribution in [-0.4, -0.2) is 30.0 Å². The van der Waals surface area contributed by atoms with E-state index < -0.39 is 0 Å². The molecule has 3 heterocycles. The van der Waals surface area contributed by atoms with Crippen LogP contribution in [0.2, 0.25) is 0 Å². The summed E-state index contributed by atoms with van der Waals surface area (Å²) < 4.78 is 4.99. The SMILES string of the molecule is Cn1ccnc1Cn1c(CCCl)nc2cc(Br)cnc21. The molecule has 0 aromatic carbocycles. The molecule has 0 radical (unpaired) electrons. The molecule has 0 fully saturated rings. The van der Waals surface area contributed by atoms with Crippen LogP contribution in [0.5, 0.6) is 0 Å². The Kier molecular flexibility index (Phi) is 3.76. The van der Waals surface area contributed by atoms with Gasteiger partial charge in [0.1, 0.15) is 17.2 Å². The molecule has 0 aliphatic rings. The summed E-state index contributed by atoms with van der Waals surface area (Å²) in [5.74, 6) is 2.43. The summed E-state index contributed by atoms with van der Waals surface area (Å²) in [6.07, 6.45) is 6.21. The fraction of sp³-hybridized carbons (Fsp3) is 0.308. The van der Waals surface area contributed by atoms with E-state index in [4.69, 9.17) is 11.6 Å².